The highest BCUT2D eigenvalue weighted by molar-refractivity contribution is 5.94. The van der Waals surface area contributed by atoms with E-state index in [2.05, 4.69) is 5.32 Å². The lowest BCUT2D eigenvalue weighted by Gasteiger charge is -2.10. The van der Waals surface area contributed by atoms with Gasteiger partial charge in [-0.1, -0.05) is 0 Å². The highest BCUT2D eigenvalue weighted by Crippen LogP contribution is 2.16. The molecule has 1 fully saturated rings. The molecule has 1 heterocycles. The van der Waals surface area contributed by atoms with E-state index in [0.29, 0.717) is 24.8 Å². The Morgan fingerprint density at radius 3 is 3.06 bits per heavy atom. The average molecular weight is 253 g/mol. The summed E-state index contributed by atoms with van der Waals surface area (Å²) in [7, 11) is 1.45. The van der Waals surface area contributed by atoms with Crippen molar-refractivity contribution in [3.63, 3.8) is 0 Å². The molecule has 4 nitrogen and oxygen atoms in total. The molecule has 2 rings (SSSR count). The number of hydrogen-bond acceptors (Lipinski definition) is 3. The third-order valence-corrected chi connectivity index (χ3v) is 3.00. The third-order valence-electron chi connectivity index (χ3n) is 3.00. The van der Waals surface area contributed by atoms with Gasteiger partial charge in [0.1, 0.15) is 11.6 Å². The standard InChI is InChI=1S/C13H16FNO3/c1-17-10-2-3-11(12(14)6-10)13(16)15-7-9-4-5-18-8-9/h2-3,6,9H,4-5,7-8H2,1H3,(H,15,16). The van der Waals surface area contributed by atoms with Crippen molar-refractivity contribution in [2.45, 2.75) is 6.42 Å². The van der Waals surface area contributed by atoms with E-state index in [1.165, 1.54) is 19.2 Å². The van der Waals surface area contributed by atoms with Crippen LogP contribution in [0.25, 0.3) is 0 Å². The summed E-state index contributed by atoms with van der Waals surface area (Å²) in [6, 6.07) is 4.19. The Bertz CT molecular complexity index is 430. The lowest BCUT2D eigenvalue weighted by molar-refractivity contribution is 0.0941. The summed E-state index contributed by atoms with van der Waals surface area (Å²) in [4.78, 5) is 11.8. The van der Waals surface area contributed by atoms with Crippen LogP contribution in [-0.2, 0) is 4.74 Å². The van der Waals surface area contributed by atoms with E-state index in [9.17, 15) is 9.18 Å². The first-order valence-corrected chi connectivity index (χ1v) is 5.90. The Labute approximate surface area is 105 Å². The molecule has 1 aliphatic rings. The Balaban J connectivity index is 1.95. The predicted octanol–water partition coefficient (Wildman–Crippen LogP) is 1.60. The average Bonchev–Trinajstić information content (AvgIpc) is 2.88. The maximum atomic E-state index is 13.6. The van der Waals surface area contributed by atoms with Gasteiger partial charge in [-0.15, -0.1) is 0 Å². The van der Waals surface area contributed by atoms with Crippen LogP contribution in [0.2, 0.25) is 0 Å². The van der Waals surface area contributed by atoms with Crippen molar-refractivity contribution in [3.8, 4) is 5.75 Å². The molecule has 1 unspecified atom stereocenters. The fourth-order valence-corrected chi connectivity index (χ4v) is 1.88. The molecule has 1 aromatic carbocycles. The molecule has 18 heavy (non-hydrogen) atoms. The number of carbonyl (C=O) groups is 1. The summed E-state index contributed by atoms with van der Waals surface area (Å²) in [5, 5.41) is 2.72. The summed E-state index contributed by atoms with van der Waals surface area (Å²) < 4.78 is 23.7. The van der Waals surface area contributed by atoms with Crippen molar-refractivity contribution >= 4 is 5.91 Å². The van der Waals surface area contributed by atoms with E-state index >= 15 is 0 Å². The maximum Gasteiger partial charge on any atom is 0.254 e. The van der Waals surface area contributed by atoms with E-state index in [-0.39, 0.29) is 5.56 Å². The van der Waals surface area contributed by atoms with E-state index in [4.69, 9.17) is 9.47 Å². The molecule has 0 radical (unpaired) electrons. The molecule has 1 aromatic rings. The number of amides is 1. The number of benzene rings is 1. The molecule has 98 valence electrons. The lowest BCUT2D eigenvalue weighted by Crippen LogP contribution is -2.30. The Hall–Kier alpha value is -1.62. The van der Waals surface area contributed by atoms with Crippen molar-refractivity contribution in [2.75, 3.05) is 26.9 Å². The monoisotopic (exact) mass is 253 g/mol. The van der Waals surface area contributed by atoms with Gasteiger partial charge in [-0.25, -0.2) is 4.39 Å². The molecule has 0 spiro atoms. The summed E-state index contributed by atoms with van der Waals surface area (Å²) in [5.74, 6) is -0.250. The molecule has 1 saturated heterocycles. The van der Waals surface area contributed by atoms with Crippen molar-refractivity contribution in [2.24, 2.45) is 5.92 Å². The van der Waals surface area contributed by atoms with Crippen LogP contribution < -0.4 is 10.1 Å². The molecular weight excluding hydrogens is 237 g/mol. The minimum absolute atomic E-state index is 0.0368. The quantitative estimate of drug-likeness (QED) is 0.886. The number of hydrogen-bond donors (Lipinski definition) is 1. The van der Waals surface area contributed by atoms with Crippen molar-refractivity contribution < 1.29 is 18.7 Å². The number of halogens is 1. The number of ether oxygens (including phenoxy) is 2. The molecule has 0 aromatic heterocycles. The molecule has 5 heteroatoms. The van der Waals surface area contributed by atoms with Crippen molar-refractivity contribution in [1.82, 2.24) is 5.32 Å². The zero-order valence-corrected chi connectivity index (χ0v) is 10.2. The molecule has 1 amide bonds. The first-order chi connectivity index (χ1) is 8.70. The second kappa shape index (κ2) is 5.82. The van der Waals surface area contributed by atoms with Gasteiger partial charge in [0, 0.05) is 25.1 Å². The van der Waals surface area contributed by atoms with E-state index in [1.807, 2.05) is 0 Å². The van der Waals surface area contributed by atoms with Crippen LogP contribution in [-0.4, -0.2) is 32.8 Å². The van der Waals surface area contributed by atoms with Gasteiger partial charge in [0.15, 0.2) is 0 Å². The fraction of sp³-hybridized carbons (Fsp3) is 0.462. The Morgan fingerprint density at radius 2 is 2.44 bits per heavy atom. The highest BCUT2D eigenvalue weighted by Gasteiger charge is 2.18. The second-order valence-electron chi connectivity index (χ2n) is 4.29. The topological polar surface area (TPSA) is 47.6 Å². The number of nitrogens with one attached hydrogen (secondary N) is 1. The van der Waals surface area contributed by atoms with E-state index < -0.39 is 11.7 Å². The zero-order chi connectivity index (χ0) is 13.0. The normalized spacial score (nSPS) is 18.7. The molecule has 1 aliphatic heterocycles. The highest BCUT2D eigenvalue weighted by atomic mass is 19.1. The van der Waals surface area contributed by atoms with Gasteiger partial charge in [-0.2, -0.15) is 0 Å². The number of methoxy groups -OCH3 is 1. The zero-order valence-electron chi connectivity index (χ0n) is 10.2. The Morgan fingerprint density at radius 1 is 1.61 bits per heavy atom. The van der Waals surface area contributed by atoms with Crippen molar-refractivity contribution in [3.05, 3.63) is 29.6 Å². The van der Waals surface area contributed by atoms with Gasteiger partial charge in [-0.05, 0) is 18.6 Å². The molecule has 0 aliphatic carbocycles. The second-order valence-corrected chi connectivity index (χ2v) is 4.29. The van der Waals surface area contributed by atoms with Crippen LogP contribution >= 0.6 is 0 Å². The van der Waals surface area contributed by atoms with E-state index in [1.54, 1.807) is 6.07 Å². The smallest absolute Gasteiger partial charge is 0.254 e. The predicted molar refractivity (Wildman–Crippen MR) is 64.2 cm³/mol. The summed E-state index contributed by atoms with van der Waals surface area (Å²) in [6.07, 6.45) is 0.936. The lowest BCUT2D eigenvalue weighted by atomic mass is 10.1. The molecule has 0 bridgehead atoms. The molecule has 1 atom stereocenters. The van der Waals surface area contributed by atoms with Crippen LogP contribution in [0.4, 0.5) is 4.39 Å². The van der Waals surface area contributed by atoms with E-state index in [0.717, 1.165) is 13.0 Å². The number of rotatable bonds is 4. The summed E-state index contributed by atoms with van der Waals surface area (Å²) in [6.45, 7) is 1.91. The minimum Gasteiger partial charge on any atom is -0.497 e. The van der Waals surface area contributed by atoms with Crippen molar-refractivity contribution in [1.29, 1.82) is 0 Å². The van der Waals surface area contributed by atoms with Crippen LogP contribution in [0.5, 0.6) is 5.75 Å². The first-order valence-electron chi connectivity index (χ1n) is 5.90. The SMILES string of the molecule is COc1ccc(C(=O)NCC2CCOC2)c(F)c1. The van der Waals surface area contributed by atoms with Gasteiger partial charge in [0.25, 0.3) is 5.91 Å². The van der Waals surface area contributed by atoms with Crippen LogP contribution in [0.1, 0.15) is 16.8 Å². The van der Waals surface area contributed by atoms with Crippen LogP contribution in [0.15, 0.2) is 18.2 Å². The van der Waals surface area contributed by atoms with Crippen LogP contribution in [0, 0.1) is 11.7 Å². The fourth-order valence-electron chi connectivity index (χ4n) is 1.88. The number of carbonyl (C=O) groups excluding carboxylic acids is 1. The molecule has 1 N–H and O–H groups in total. The van der Waals surface area contributed by atoms with Crippen LogP contribution in [0.3, 0.4) is 0 Å². The van der Waals surface area contributed by atoms with Gasteiger partial charge in [-0.3, -0.25) is 4.79 Å². The van der Waals surface area contributed by atoms with Gasteiger partial charge in [0.05, 0.1) is 19.3 Å². The minimum atomic E-state index is -0.575. The Kier molecular flexibility index (Phi) is 4.15. The third kappa shape index (κ3) is 2.98. The first kappa shape index (κ1) is 12.8. The van der Waals surface area contributed by atoms with Gasteiger partial charge in [0.2, 0.25) is 0 Å². The van der Waals surface area contributed by atoms with Gasteiger partial charge < -0.3 is 14.8 Å². The molecular formula is C13H16FNO3. The summed E-state index contributed by atoms with van der Waals surface area (Å²) in [5.41, 5.74) is 0.0368. The summed E-state index contributed by atoms with van der Waals surface area (Å²) >= 11 is 0. The molecule has 0 saturated carbocycles. The van der Waals surface area contributed by atoms with Gasteiger partial charge >= 0.3 is 0 Å². The largest absolute Gasteiger partial charge is 0.497 e. The maximum absolute atomic E-state index is 13.6.